The van der Waals surface area contributed by atoms with E-state index in [9.17, 15) is 13.2 Å². The van der Waals surface area contributed by atoms with Crippen molar-refractivity contribution in [3.05, 3.63) is 41.6 Å². The van der Waals surface area contributed by atoms with Crippen LogP contribution >= 0.6 is 0 Å². The zero-order chi connectivity index (χ0) is 14.8. The molecule has 0 unspecified atom stereocenters. The third kappa shape index (κ3) is 2.77. The lowest BCUT2D eigenvalue weighted by Gasteiger charge is -2.21. The van der Waals surface area contributed by atoms with Crippen molar-refractivity contribution in [1.82, 2.24) is 4.31 Å². The lowest BCUT2D eigenvalue weighted by Crippen LogP contribution is -2.31. The summed E-state index contributed by atoms with van der Waals surface area (Å²) < 4.78 is 26.4. The van der Waals surface area contributed by atoms with Crippen LogP contribution in [-0.2, 0) is 14.8 Å². The van der Waals surface area contributed by atoms with E-state index >= 15 is 0 Å². The molecule has 1 aromatic rings. The largest absolute Gasteiger partial charge is 0.293 e. The summed E-state index contributed by atoms with van der Waals surface area (Å²) in [6.07, 6.45) is 3.42. The van der Waals surface area contributed by atoms with Gasteiger partial charge in [-0.3, -0.25) is 9.10 Å². The first-order valence-electron chi connectivity index (χ1n) is 6.79. The monoisotopic (exact) mass is 293 g/mol. The smallest absolute Gasteiger partial charge is 0.264 e. The molecule has 0 bridgehead atoms. The fourth-order valence-electron chi connectivity index (χ4n) is 2.24. The first-order valence-corrected chi connectivity index (χ1v) is 8.23. The Hall–Kier alpha value is -1.62. The highest BCUT2D eigenvalue weighted by Gasteiger charge is 2.31. The molecule has 0 atom stereocenters. The summed E-state index contributed by atoms with van der Waals surface area (Å²) in [4.78, 5) is 12.2. The van der Waals surface area contributed by atoms with E-state index in [4.69, 9.17) is 0 Å². The van der Waals surface area contributed by atoms with E-state index < -0.39 is 10.0 Å². The van der Waals surface area contributed by atoms with E-state index in [1.165, 1.54) is 4.31 Å². The van der Waals surface area contributed by atoms with E-state index in [-0.39, 0.29) is 10.7 Å². The maximum Gasteiger partial charge on any atom is 0.264 e. The van der Waals surface area contributed by atoms with E-state index in [0.29, 0.717) is 31.5 Å². The van der Waals surface area contributed by atoms with Crippen LogP contribution in [0.1, 0.15) is 31.7 Å². The molecule has 1 aliphatic rings. The number of carbonyl (C=O) groups is 1. The molecule has 1 aliphatic heterocycles. The first kappa shape index (κ1) is 14.8. The van der Waals surface area contributed by atoms with Gasteiger partial charge in [0, 0.05) is 13.0 Å². The molecule has 0 N–H and O–H groups in total. The van der Waals surface area contributed by atoms with Crippen molar-refractivity contribution < 1.29 is 13.2 Å². The van der Waals surface area contributed by atoms with Gasteiger partial charge in [0.05, 0.1) is 10.6 Å². The number of allylic oxidation sites excluding steroid dienone is 1. The molecule has 0 spiro atoms. The normalized spacial score (nSPS) is 15.3. The van der Waals surface area contributed by atoms with Crippen LogP contribution in [0, 0.1) is 6.92 Å². The topological polar surface area (TPSA) is 54.5 Å². The Bertz CT molecular complexity index is 630. The Morgan fingerprint density at radius 2 is 1.90 bits per heavy atom. The average molecular weight is 293 g/mol. The molecular weight excluding hydrogens is 274 g/mol. The summed E-state index contributed by atoms with van der Waals surface area (Å²) in [6.45, 7) is 4.16. The standard InChI is InChI=1S/C15H19NO3S/c1-3-5-15(17)14-6-4-11-16(14)20(18,19)13-9-7-12(2)8-10-13/h6-10H,3-5,11H2,1-2H3. The molecule has 0 aromatic heterocycles. The number of sulfonamides is 1. The molecule has 108 valence electrons. The Morgan fingerprint density at radius 3 is 2.50 bits per heavy atom. The average Bonchev–Trinajstić information content (AvgIpc) is 2.89. The number of rotatable bonds is 5. The van der Waals surface area contributed by atoms with Crippen molar-refractivity contribution >= 4 is 15.8 Å². The predicted octanol–water partition coefficient (Wildman–Crippen LogP) is 2.64. The van der Waals surface area contributed by atoms with Crippen LogP contribution < -0.4 is 0 Å². The number of carbonyl (C=O) groups excluding carboxylic acids is 1. The lowest BCUT2D eigenvalue weighted by molar-refractivity contribution is -0.116. The van der Waals surface area contributed by atoms with Gasteiger partial charge in [-0.05, 0) is 31.9 Å². The Balaban J connectivity index is 2.32. The number of hydrogen-bond acceptors (Lipinski definition) is 3. The second-order valence-corrected chi connectivity index (χ2v) is 6.80. The molecule has 1 aromatic carbocycles. The van der Waals surface area contributed by atoms with Gasteiger partial charge in [-0.1, -0.05) is 30.7 Å². The maximum atomic E-state index is 12.6. The van der Waals surface area contributed by atoms with Crippen LogP contribution in [0.5, 0.6) is 0 Å². The SMILES string of the molecule is CCCC(=O)C1=CCCN1S(=O)(=O)c1ccc(C)cc1. The zero-order valence-corrected chi connectivity index (χ0v) is 12.6. The van der Waals surface area contributed by atoms with E-state index in [1.807, 2.05) is 13.8 Å². The van der Waals surface area contributed by atoms with Gasteiger partial charge >= 0.3 is 0 Å². The van der Waals surface area contributed by atoms with Crippen molar-refractivity contribution in [2.24, 2.45) is 0 Å². The van der Waals surface area contributed by atoms with E-state index in [0.717, 1.165) is 5.56 Å². The van der Waals surface area contributed by atoms with Crippen LogP contribution in [-0.4, -0.2) is 25.1 Å². The highest BCUT2D eigenvalue weighted by Crippen LogP contribution is 2.26. The molecule has 1 heterocycles. The van der Waals surface area contributed by atoms with Gasteiger partial charge in [-0.15, -0.1) is 0 Å². The summed E-state index contributed by atoms with van der Waals surface area (Å²) in [5, 5.41) is 0. The van der Waals surface area contributed by atoms with Crippen molar-refractivity contribution in [2.75, 3.05) is 6.54 Å². The van der Waals surface area contributed by atoms with Crippen LogP contribution in [0.15, 0.2) is 40.9 Å². The number of ketones is 1. The highest BCUT2D eigenvalue weighted by atomic mass is 32.2. The molecule has 0 saturated carbocycles. The summed E-state index contributed by atoms with van der Waals surface area (Å²) in [7, 11) is -3.62. The lowest BCUT2D eigenvalue weighted by atomic mass is 10.2. The fraction of sp³-hybridized carbons (Fsp3) is 0.400. The third-order valence-corrected chi connectivity index (χ3v) is 5.14. The van der Waals surface area contributed by atoms with Gasteiger partial charge in [0.15, 0.2) is 5.78 Å². The van der Waals surface area contributed by atoms with Crippen LogP contribution in [0.2, 0.25) is 0 Å². The predicted molar refractivity (Wildman–Crippen MR) is 77.7 cm³/mol. The minimum atomic E-state index is -3.62. The molecule has 5 heteroatoms. The molecular formula is C15H19NO3S. The van der Waals surface area contributed by atoms with Crippen LogP contribution in [0.3, 0.4) is 0 Å². The van der Waals surface area contributed by atoms with Gasteiger partial charge < -0.3 is 0 Å². The summed E-state index contributed by atoms with van der Waals surface area (Å²) in [5.74, 6) is -0.0966. The maximum absolute atomic E-state index is 12.6. The molecule has 0 radical (unpaired) electrons. The van der Waals surface area contributed by atoms with E-state index in [2.05, 4.69) is 0 Å². The Kier molecular flexibility index (Phi) is 4.28. The Morgan fingerprint density at radius 1 is 1.25 bits per heavy atom. The number of aryl methyl sites for hydroxylation is 1. The summed E-state index contributed by atoms with van der Waals surface area (Å²) in [5.41, 5.74) is 1.33. The van der Waals surface area contributed by atoms with E-state index in [1.54, 1.807) is 30.3 Å². The zero-order valence-electron chi connectivity index (χ0n) is 11.8. The molecule has 0 fully saturated rings. The van der Waals surface area contributed by atoms with Crippen LogP contribution in [0.4, 0.5) is 0 Å². The van der Waals surface area contributed by atoms with Crippen molar-refractivity contribution in [3.8, 4) is 0 Å². The third-order valence-electron chi connectivity index (χ3n) is 3.31. The quantitative estimate of drug-likeness (QED) is 0.838. The molecule has 20 heavy (non-hydrogen) atoms. The van der Waals surface area contributed by atoms with Gasteiger partial charge in [-0.2, -0.15) is 0 Å². The summed E-state index contributed by atoms with van der Waals surface area (Å²) >= 11 is 0. The minimum absolute atomic E-state index is 0.0966. The van der Waals surface area contributed by atoms with Gasteiger partial charge in [0.2, 0.25) is 0 Å². The fourth-order valence-corrected chi connectivity index (χ4v) is 3.75. The van der Waals surface area contributed by atoms with Crippen molar-refractivity contribution in [1.29, 1.82) is 0 Å². The number of hydrogen-bond donors (Lipinski definition) is 0. The second kappa shape index (κ2) is 5.79. The molecule has 2 rings (SSSR count). The van der Waals surface area contributed by atoms with Crippen molar-refractivity contribution in [2.45, 2.75) is 38.0 Å². The van der Waals surface area contributed by atoms with Crippen LogP contribution in [0.25, 0.3) is 0 Å². The van der Waals surface area contributed by atoms with Gasteiger partial charge in [0.25, 0.3) is 10.0 Å². The Labute approximate surface area is 120 Å². The molecule has 0 saturated heterocycles. The number of nitrogens with zero attached hydrogens (tertiary/aromatic N) is 1. The van der Waals surface area contributed by atoms with Crippen molar-refractivity contribution in [3.63, 3.8) is 0 Å². The molecule has 4 nitrogen and oxygen atoms in total. The minimum Gasteiger partial charge on any atom is -0.293 e. The molecule has 0 aliphatic carbocycles. The van der Waals surface area contributed by atoms with Gasteiger partial charge in [0.1, 0.15) is 0 Å². The number of Topliss-reactive ketones (excluding diaryl/α,β-unsaturated/α-hetero) is 1. The highest BCUT2D eigenvalue weighted by molar-refractivity contribution is 7.89. The summed E-state index contributed by atoms with van der Waals surface area (Å²) in [6, 6.07) is 6.70. The second-order valence-electron chi connectivity index (χ2n) is 4.94. The molecule has 0 amide bonds. The first-order chi connectivity index (χ1) is 9.46. The number of benzene rings is 1. The van der Waals surface area contributed by atoms with Gasteiger partial charge in [-0.25, -0.2) is 8.42 Å².